The second kappa shape index (κ2) is 1.85. The molecule has 0 N–H and O–H groups in total. The topological polar surface area (TPSA) is 0 Å². The molecule has 0 atom stereocenters. The van der Waals surface area contributed by atoms with Crippen LogP contribution in [0.15, 0.2) is 11.0 Å². The third kappa shape index (κ3) is 0.960. The minimum atomic E-state index is 0.698. The molecule has 0 unspecified atom stereocenters. The SMILES string of the molecule is Cc1cc[se]c1C. The van der Waals surface area contributed by atoms with E-state index >= 15 is 0 Å². The molecule has 0 radical (unpaired) electrons. The van der Waals surface area contributed by atoms with E-state index in [-0.39, 0.29) is 0 Å². The van der Waals surface area contributed by atoms with Crippen LogP contribution in [-0.2, 0) is 0 Å². The van der Waals surface area contributed by atoms with E-state index in [1.807, 2.05) is 0 Å². The fraction of sp³-hybridized carbons (Fsp3) is 0.333. The van der Waals surface area contributed by atoms with E-state index in [4.69, 9.17) is 0 Å². The third-order valence-electron chi connectivity index (χ3n) is 1.12. The van der Waals surface area contributed by atoms with Crippen molar-refractivity contribution in [3.05, 3.63) is 21.0 Å². The first kappa shape index (κ1) is 5.14. The Hall–Kier alpha value is -0.000519. The Morgan fingerprint density at radius 2 is 2.14 bits per heavy atom. The Morgan fingerprint density at radius 1 is 1.43 bits per heavy atom. The summed E-state index contributed by atoms with van der Waals surface area (Å²) in [6.07, 6.45) is 0. The van der Waals surface area contributed by atoms with Gasteiger partial charge in [0, 0.05) is 0 Å². The Kier molecular flexibility index (Phi) is 1.36. The Morgan fingerprint density at radius 3 is 2.29 bits per heavy atom. The standard InChI is InChI=1S/C6H8Se/c1-5-3-4-7-6(5)2/h3-4H,1-2H3. The molecule has 1 aromatic heterocycles. The van der Waals surface area contributed by atoms with E-state index in [0.29, 0.717) is 14.5 Å². The zero-order chi connectivity index (χ0) is 5.28. The summed E-state index contributed by atoms with van der Waals surface area (Å²) in [5.41, 5.74) is 1.47. The van der Waals surface area contributed by atoms with Crippen LogP contribution in [0.25, 0.3) is 0 Å². The first-order valence-electron chi connectivity index (χ1n) is 2.31. The molecule has 0 saturated carbocycles. The quantitative estimate of drug-likeness (QED) is 0.501. The van der Waals surface area contributed by atoms with Crippen molar-refractivity contribution < 1.29 is 0 Å². The summed E-state index contributed by atoms with van der Waals surface area (Å²) in [5.74, 6) is 0. The second-order valence-corrected chi connectivity index (χ2v) is 4.01. The van der Waals surface area contributed by atoms with Gasteiger partial charge in [-0.05, 0) is 0 Å². The average molecular weight is 159 g/mol. The van der Waals surface area contributed by atoms with Crippen LogP contribution in [0.2, 0.25) is 0 Å². The molecule has 0 aromatic carbocycles. The molecular formula is C6H8Se. The zero-order valence-corrected chi connectivity index (χ0v) is 6.28. The maximum absolute atomic E-state index is 2.26. The van der Waals surface area contributed by atoms with E-state index in [0.717, 1.165) is 0 Å². The van der Waals surface area contributed by atoms with Gasteiger partial charge in [-0.3, -0.25) is 0 Å². The van der Waals surface area contributed by atoms with Crippen molar-refractivity contribution in [3.63, 3.8) is 0 Å². The third-order valence-corrected chi connectivity index (χ3v) is 3.11. The summed E-state index contributed by atoms with van der Waals surface area (Å²) in [4.78, 5) is 2.26. The maximum atomic E-state index is 2.26. The second-order valence-electron chi connectivity index (χ2n) is 1.66. The molecule has 0 amide bonds. The van der Waals surface area contributed by atoms with Gasteiger partial charge in [0.25, 0.3) is 0 Å². The van der Waals surface area contributed by atoms with Gasteiger partial charge in [-0.15, -0.1) is 0 Å². The van der Waals surface area contributed by atoms with Crippen LogP contribution in [0.1, 0.15) is 10.0 Å². The summed E-state index contributed by atoms with van der Waals surface area (Å²) in [6.45, 7) is 4.37. The molecule has 0 bridgehead atoms. The van der Waals surface area contributed by atoms with Crippen LogP contribution in [0.5, 0.6) is 0 Å². The van der Waals surface area contributed by atoms with E-state index in [1.165, 1.54) is 5.56 Å². The van der Waals surface area contributed by atoms with Crippen LogP contribution < -0.4 is 0 Å². The molecule has 0 spiro atoms. The van der Waals surface area contributed by atoms with E-state index < -0.39 is 0 Å². The first-order chi connectivity index (χ1) is 3.30. The summed E-state index contributed by atoms with van der Waals surface area (Å²) in [7, 11) is 0. The number of rotatable bonds is 0. The van der Waals surface area contributed by atoms with Gasteiger partial charge in [-0.25, -0.2) is 0 Å². The number of hydrogen-bond donors (Lipinski definition) is 0. The van der Waals surface area contributed by atoms with Crippen LogP contribution >= 0.6 is 0 Å². The van der Waals surface area contributed by atoms with Crippen molar-refractivity contribution in [3.8, 4) is 0 Å². The van der Waals surface area contributed by atoms with Gasteiger partial charge in [-0.1, -0.05) is 0 Å². The minimum absolute atomic E-state index is 0.698. The van der Waals surface area contributed by atoms with Crippen molar-refractivity contribution in [2.24, 2.45) is 0 Å². The fourth-order valence-electron chi connectivity index (χ4n) is 0.448. The summed E-state index contributed by atoms with van der Waals surface area (Å²) in [6, 6.07) is 2.20. The van der Waals surface area contributed by atoms with Crippen molar-refractivity contribution in [2.45, 2.75) is 13.8 Å². The first-order valence-corrected chi connectivity index (χ1v) is 4.16. The van der Waals surface area contributed by atoms with Crippen LogP contribution in [0, 0.1) is 13.8 Å². The fourth-order valence-corrected chi connectivity index (χ4v) is 1.98. The van der Waals surface area contributed by atoms with Crippen molar-refractivity contribution in [1.29, 1.82) is 0 Å². The number of hydrogen-bond acceptors (Lipinski definition) is 0. The summed E-state index contributed by atoms with van der Waals surface area (Å²) >= 11 is 0.698. The van der Waals surface area contributed by atoms with Gasteiger partial charge in [0.15, 0.2) is 0 Å². The van der Waals surface area contributed by atoms with Gasteiger partial charge in [0.2, 0.25) is 0 Å². The molecule has 0 aliphatic heterocycles. The van der Waals surface area contributed by atoms with E-state index in [2.05, 4.69) is 24.9 Å². The van der Waals surface area contributed by atoms with E-state index in [1.54, 1.807) is 4.44 Å². The molecule has 38 valence electrons. The van der Waals surface area contributed by atoms with Crippen LogP contribution in [-0.4, -0.2) is 14.5 Å². The van der Waals surface area contributed by atoms with Gasteiger partial charge >= 0.3 is 49.4 Å². The Labute approximate surface area is 49.9 Å². The molecule has 1 heteroatoms. The molecule has 0 aliphatic carbocycles. The molecule has 0 saturated heterocycles. The van der Waals surface area contributed by atoms with Gasteiger partial charge < -0.3 is 0 Å². The summed E-state index contributed by atoms with van der Waals surface area (Å²) < 4.78 is 1.58. The predicted molar refractivity (Wildman–Crippen MR) is 32.9 cm³/mol. The molecule has 0 aliphatic rings. The Balaban J connectivity index is 3.12. The Bertz CT molecular complexity index is 136. The van der Waals surface area contributed by atoms with Gasteiger partial charge in [-0.2, -0.15) is 0 Å². The molecule has 1 rings (SSSR count). The molecular weight excluding hydrogens is 151 g/mol. The molecule has 1 aromatic rings. The van der Waals surface area contributed by atoms with Crippen LogP contribution in [0.3, 0.4) is 0 Å². The van der Waals surface area contributed by atoms with Crippen LogP contribution in [0.4, 0.5) is 0 Å². The zero-order valence-electron chi connectivity index (χ0n) is 4.56. The predicted octanol–water partition coefficient (Wildman–Crippen LogP) is 1.36. The molecule has 7 heavy (non-hydrogen) atoms. The van der Waals surface area contributed by atoms with Gasteiger partial charge in [0.05, 0.1) is 0 Å². The molecule has 0 nitrogen and oxygen atoms in total. The summed E-state index contributed by atoms with van der Waals surface area (Å²) in [5, 5.41) is 0. The monoisotopic (exact) mass is 160 g/mol. The normalized spacial score (nSPS) is 9.43. The van der Waals surface area contributed by atoms with Gasteiger partial charge in [0.1, 0.15) is 0 Å². The van der Waals surface area contributed by atoms with Crippen molar-refractivity contribution >= 4 is 14.5 Å². The average Bonchev–Trinajstić information content (AvgIpc) is 1.91. The molecule has 1 heterocycles. The van der Waals surface area contributed by atoms with E-state index in [9.17, 15) is 0 Å². The van der Waals surface area contributed by atoms with Crippen molar-refractivity contribution in [2.75, 3.05) is 0 Å². The number of aryl methyl sites for hydroxylation is 2. The molecule has 0 fully saturated rings. The van der Waals surface area contributed by atoms with Crippen molar-refractivity contribution in [1.82, 2.24) is 0 Å².